The van der Waals surface area contributed by atoms with Crippen LogP contribution in [-0.4, -0.2) is 34.3 Å². The fourth-order valence-electron chi connectivity index (χ4n) is 6.81. The van der Waals surface area contributed by atoms with Gasteiger partial charge in [-0.25, -0.2) is 14.6 Å². The summed E-state index contributed by atoms with van der Waals surface area (Å²) >= 11 is 0. The van der Waals surface area contributed by atoms with Crippen LogP contribution in [0.1, 0.15) is 0 Å². The van der Waals surface area contributed by atoms with Crippen LogP contribution in [0, 0.1) is 0 Å². The van der Waals surface area contributed by atoms with Crippen LogP contribution in [0.2, 0.25) is 0 Å². The Bertz CT molecular complexity index is 2800. The standard InChI is InChI=1S/C45H29N7O2/c1-2-16-42-32(9-1)27-50-52(42)33-28-48-45(49-29-33)51-43-25-36(53-34-12-7-10-30(23-34)40-14-3-5-21-46-40)17-19-38(43)39-20-18-37(26-44(39)51)54-35-13-8-11-31(24-35)41-15-4-6-22-47-41/h1-29H. The molecule has 10 rings (SSSR count). The molecule has 10 aromatic rings. The van der Waals surface area contributed by atoms with Crippen molar-refractivity contribution in [3.8, 4) is 57.1 Å². The van der Waals surface area contributed by atoms with Gasteiger partial charge in [0.2, 0.25) is 5.95 Å². The summed E-state index contributed by atoms with van der Waals surface area (Å²) < 4.78 is 16.8. The van der Waals surface area contributed by atoms with Crippen LogP contribution in [0.25, 0.3) is 66.9 Å². The molecule has 5 aromatic carbocycles. The fraction of sp³-hybridized carbons (Fsp3) is 0. The normalized spacial score (nSPS) is 11.3. The Morgan fingerprint density at radius 1 is 0.426 bits per heavy atom. The number of fused-ring (bicyclic) bond motifs is 4. The zero-order chi connectivity index (χ0) is 35.8. The number of para-hydroxylation sites is 1. The lowest BCUT2D eigenvalue weighted by atomic mass is 10.1. The van der Waals surface area contributed by atoms with Crippen LogP contribution in [0.5, 0.6) is 23.0 Å². The topological polar surface area (TPSA) is 92.8 Å². The van der Waals surface area contributed by atoms with Crippen LogP contribution in [-0.2, 0) is 0 Å². The lowest BCUT2D eigenvalue weighted by Gasteiger charge is -2.11. The summed E-state index contributed by atoms with van der Waals surface area (Å²) in [6.07, 6.45) is 9.02. The highest BCUT2D eigenvalue weighted by molar-refractivity contribution is 6.09. The molecular formula is C45H29N7O2. The van der Waals surface area contributed by atoms with E-state index < -0.39 is 0 Å². The molecular weight excluding hydrogens is 671 g/mol. The quantitative estimate of drug-likeness (QED) is 0.156. The smallest absolute Gasteiger partial charge is 0.234 e. The van der Waals surface area contributed by atoms with Gasteiger partial charge in [-0.2, -0.15) is 5.10 Å². The molecule has 0 saturated heterocycles. The number of hydrogen-bond acceptors (Lipinski definition) is 7. The Balaban J connectivity index is 1.07. The lowest BCUT2D eigenvalue weighted by molar-refractivity contribution is 0.483. The average Bonchev–Trinajstić information content (AvgIpc) is 3.81. The van der Waals surface area contributed by atoms with Gasteiger partial charge in [0.15, 0.2) is 0 Å². The minimum atomic E-state index is 0.499. The van der Waals surface area contributed by atoms with E-state index in [0.29, 0.717) is 28.9 Å². The number of ether oxygens (including phenoxy) is 2. The first-order chi connectivity index (χ1) is 26.7. The second-order valence-electron chi connectivity index (χ2n) is 12.7. The van der Waals surface area contributed by atoms with Crippen LogP contribution >= 0.6 is 0 Å². The number of rotatable bonds is 8. The van der Waals surface area contributed by atoms with Crippen molar-refractivity contribution >= 4 is 32.7 Å². The SMILES string of the molecule is c1ccc(-c2cccc(Oc3ccc4c5ccc(Oc6cccc(-c7ccccn7)c6)cc5n(-c5ncc(-n6ncc7ccccc76)cn5)c4c3)c2)nc1. The van der Waals surface area contributed by atoms with Gasteiger partial charge in [0, 0.05) is 51.8 Å². The zero-order valence-corrected chi connectivity index (χ0v) is 28.7. The van der Waals surface area contributed by atoms with Gasteiger partial charge in [0.25, 0.3) is 0 Å². The maximum Gasteiger partial charge on any atom is 0.234 e. The van der Waals surface area contributed by atoms with Crippen LogP contribution < -0.4 is 9.47 Å². The van der Waals surface area contributed by atoms with Gasteiger partial charge in [0.1, 0.15) is 28.7 Å². The largest absolute Gasteiger partial charge is 0.457 e. The molecule has 5 aromatic heterocycles. The third-order valence-corrected chi connectivity index (χ3v) is 9.32. The van der Waals surface area contributed by atoms with E-state index in [0.717, 1.165) is 60.9 Å². The van der Waals surface area contributed by atoms with Crippen molar-refractivity contribution in [1.82, 2.24) is 34.3 Å². The van der Waals surface area contributed by atoms with Gasteiger partial charge < -0.3 is 9.47 Å². The Labute approximate surface area is 309 Å². The third-order valence-electron chi connectivity index (χ3n) is 9.32. The van der Waals surface area contributed by atoms with E-state index in [1.807, 2.05) is 149 Å². The summed E-state index contributed by atoms with van der Waals surface area (Å²) in [4.78, 5) is 18.8. The molecule has 0 aliphatic rings. The molecule has 0 N–H and O–H groups in total. The number of aromatic nitrogens is 7. The molecule has 0 unspecified atom stereocenters. The minimum absolute atomic E-state index is 0.499. The maximum absolute atomic E-state index is 6.47. The number of pyridine rings is 2. The van der Waals surface area contributed by atoms with Crippen molar-refractivity contribution in [2.24, 2.45) is 0 Å². The van der Waals surface area contributed by atoms with Gasteiger partial charge in [-0.05, 0) is 78.9 Å². The molecule has 0 amide bonds. The van der Waals surface area contributed by atoms with Crippen molar-refractivity contribution in [2.45, 2.75) is 0 Å². The van der Waals surface area contributed by atoms with Crippen molar-refractivity contribution in [2.75, 3.05) is 0 Å². The predicted molar refractivity (Wildman–Crippen MR) is 210 cm³/mol. The molecule has 0 bridgehead atoms. The number of benzene rings is 5. The Kier molecular flexibility index (Phi) is 7.58. The number of hydrogen-bond donors (Lipinski definition) is 0. The molecule has 0 spiro atoms. The molecule has 0 fully saturated rings. The minimum Gasteiger partial charge on any atom is -0.457 e. The summed E-state index contributed by atoms with van der Waals surface area (Å²) in [5.74, 6) is 3.25. The van der Waals surface area contributed by atoms with Gasteiger partial charge in [-0.1, -0.05) is 54.6 Å². The molecule has 0 aliphatic carbocycles. The van der Waals surface area contributed by atoms with E-state index >= 15 is 0 Å². The molecule has 9 nitrogen and oxygen atoms in total. The summed E-state index contributed by atoms with van der Waals surface area (Å²) in [5.41, 5.74) is 7.21. The third kappa shape index (κ3) is 5.75. The second kappa shape index (κ2) is 13.2. The first kappa shape index (κ1) is 31.1. The van der Waals surface area contributed by atoms with Gasteiger partial charge in [0.05, 0.1) is 46.5 Å². The van der Waals surface area contributed by atoms with Gasteiger partial charge in [-0.3, -0.25) is 14.5 Å². The van der Waals surface area contributed by atoms with E-state index in [4.69, 9.17) is 19.4 Å². The van der Waals surface area contributed by atoms with Gasteiger partial charge >= 0.3 is 0 Å². The van der Waals surface area contributed by atoms with E-state index in [-0.39, 0.29) is 0 Å². The molecule has 54 heavy (non-hydrogen) atoms. The predicted octanol–water partition coefficient (Wildman–Crippen LogP) is 10.6. The monoisotopic (exact) mass is 699 g/mol. The molecule has 0 radical (unpaired) electrons. The summed E-state index contributed by atoms with van der Waals surface area (Å²) in [6, 6.07) is 47.9. The molecule has 256 valence electrons. The second-order valence-corrected chi connectivity index (χ2v) is 12.7. The van der Waals surface area contributed by atoms with Crippen molar-refractivity contribution in [1.29, 1.82) is 0 Å². The first-order valence-corrected chi connectivity index (χ1v) is 17.5. The van der Waals surface area contributed by atoms with Gasteiger partial charge in [-0.15, -0.1) is 0 Å². The Morgan fingerprint density at radius 2 is 0.981 bits per heavy atom. The Hall–Kier alpha value is -7.65. The summed E-state index contributed by atoms with van der Waals surface area (Å²) in [6.45, 7) is 0. The molecule has 0 saturated carbocycles. The zero-order valence-electron chi connectivity index (χ0n) is 28.7. The molecule has 0 aliphatic heterocycles. The highest BCUT2D eigenvalue weighted by atomic mass is 16.5. The molecule has 5 heterocycles. The summed E-state index contributed by atoms with van der Waals surface area (Å²) in [7, 11) is 0. The molecule has 0 atom stereocenters. The highest BCUT2D eigenvalue weighted by Crippen LogP contribution is 2.38. The van der Waals surface area contributed by atoms with Crippen molar-refractivity contribution in [3.05, 3.63) is 177 Å². The maximum atomic E-state index is 6.47. The van der Waals surface area contributed by atoms with E-state index in [1.54, 1.807) is 24.8 Å². The molecule has 9 heteroatoms. The van der Waals surface area contributed by atoms with E-state index in [1.165, 1.54) is 0 Å². The Morgan fingerprint density at radius 3 is 1.56 bits per heavy atom. The number of nitrogens with zero attached hydrogens (tertiary/aromatic N) is 7. The van der Waals surface area contributed by atoms with E-state index in [9.17, 15) is 0 Å². The summed E-state index contributed by atoms with van der Waals surface area (Å²) in [5, 5.41) is 7.69. The van der Waals surface area contributed by atoms with Crippen molar-refractivity contribution in [3.63, 3.8) is 0 Å². The van der Waals surface area contributed by atoms with Crippen LogP contribution in [0.4, 0.5) is 0 Å². The lowest BCUT2D eigenvalue weighted by Crippen LogP contribution is -2.04. The van der Waals surface area contributed by atoms with Crippen molar-refractivity contribution < 1.29 is 9.47 Å². The van der Waals surface area contributed by atoms with Crippen LogP contribution in [0.3, 0.4) is 0 Å². The average molecular weight is 700 g/mol. The van der Waals surface area contributed by atoms with E-state index in [2.05, 4.69) is 27.2 Å². The highest BCUT2D eigenvalue weighted by Gasteiger charge is 2.18. The first-order valence-electron chi connectivity index (χ1n) is 17.5. The fourth-order valence-corrected chi connectivity index (χ4v) is 6.81. The van der Waals surface area contributed by atoms with Crippen LogP contribution in [0.15, 0.2) is 177 Å².